The van der Waals surface area contributed by atoms with Crippen LogP contribution in [0.1, 0.15) is 0 Å². The lowest BCUT2D eigenvalue weighted by atomic mass is 10.0. The van der Waals surface area contributed by atoms with Gasteiger partial charge in [-0.05, 0) is 38.8 Å². The van der Waals surface area contributed by atoms with Crippen LogP contribution in [0.3, 0.4) is 0 Å². The number of nitrogens with zero attached hydrogens (tertiary/aromatic N) is 1. The molecule has 3 rings (SSSR count). The molecule has 0 aromatic heterocycles. The van der Waals surface area contributed by atoms with E-state index in [9.17, 15) is 0 Å². The molecule has 2 heteroatoms. The highest BCUT2D eigenvalue weighted by Crippen LogP contribution is 2.37. The van der Waals surface area contributed by atoms with E-state index < -0.39 is 0 Å². The maximum Gasteiger partial charge on any atom is 0.0232 e. The SMILES string of the molecule is CN(C)C(CP(c1ccccc1)c1ccccc1)C1C=CC=C1. The first-order valence-corrected chi connectivity index (χ1v) is 9.67. The van der Waals surface area contributed by atoms with Gasteiger partial charge in [0.2, 0.25) is 0 Å². The van der Waals surface area contributed by atoms with E-state index in [0.29, 0.717) is 12.0 Å². The predicted octanol–water partition coefficient (Wildman–Crippen LogP) is 3.79. The first-order valence-electron chi connectivity index (χ1n) is 8.15. The van der Waals surface area contributed by atoms with E-state index >= 15 is 0 Å². The molecule has 0 N–H and O–H groups in total. The van der Waals surface area contributed by atoms with Gasteiger partial charge in [0, 0.05) is 12.0 Å². The average Bonchev–Trinajstić information content (AvgIpc) is 3.11. The molecule has 118 valence electrons. The van der Waals surface area contributed by atoms with Gasteiger partial charge in [-0.15, -0.1) is 0 Å². The van der Waals surface area contributed by atoms with Crippen LogP contribution in [0.5, 0.6) is 0 Å². The summed E-state index contributed by atoms with van der Waals surface area (Å²) in [6.45, 7) is 0. The van der Waals surface area contributed by atoms with Crippen molar-refractivity contribution in [2.24, 2.45) is 5.92 Å². The number of benzene rings is 2. The molecule has 0 amide bonds. The fraction of sp³-hybridized carbons (Fsp3) is 0.238. The van der Waals surface area contributed by atoms with Crippen molar-refractivity contribution < 1.29 is 0 Å². The quantitative estimate of drug-likeness (QED) is 0.732. The molecule has 0 fully saturated rings. The predicted molar refractivity (Wildman–Crippen MR) is 103 cm³/mol. The van der Waals surface area contributed by atoms with Gasteiger partial charge in [0.25, 0.3) is 0 Å². The Hall–Kier alpha value is -1.69. The average molecular weight is 321 g/mol. The van der Waals surface area contributed by atoms with Crippen LogP contribution in [-0.4, -0.2) is 31.2 Å². The molecule has 0 bridgehead atoms. The van der Waals surface area contributed by atoms with Crippen molar-refractivity contribution in [1.29, 1.82) is 0 Å². The standard InChI is InChI=1S/C21H24NP/c1-22(2)21(18-11-9-10-12-18)17-23(19-13-5-3-6-14-19)20-15-7-4-8-16-20/h3-16,18,21H,17H2,1-2H3. The van der Waals surface area contributed by atoms with Gasteiger partial charge in [-0.25, -0.2) is 0 Å². The van der Waals surface area contributed by atoms with Crippen molar-refractivity contribution in [2.45, 2.75) is 6.04 Å². The first-order chi connectivity index (χ1) is 11.3. The zero-order chi connectivity index (χ0) is 16.1. The van der Waals surface area contributed by atoms with Gasteiger partial charge in [-0.1, -0.05) is 85.0 Å². The van der Waals surface area contributed by atoms with Gasteiger partial charge < -0.3 is 4.90 Å². The van der Waals surface area contributed by atoms with Crippen LogP contribution < -0.4 is 10.6 Å². The lowest BCUT2D eigenvalue weighted by Gasteiger charge is -2.32. The summed E-state index contributed by atoms with van der Waals surface area (Å²) in [6.07, 6.45) is 10.2. The second-order valence-corrected chi connectivity index (χ2v) is 8.41. The molecule has 1 unspecified atom stereocenters. The van der Waals surface area contributed by atoms with E-state index in [1.165, 1.54) is 16.8 Å². The smallest absolute Gasteiger partial charge is 0.0232 e. The summed E-state index contributed by atoms with van der Waals surface area (Å²) in [5.74, 6) is 0.516. The molecule has 0 spiro atoms. The minimum Gasteiger partial charge on any atom is -0.305 e. The minimum absolute atomic E-state index is 0.348. The fourth-order valence-electron chi connectivity index (χ4n) is 3.10. The normalized spacial score (nSPS) is 15.7. The third kappa shape index (κ3) is 3.99. The van der Waals surface area contributed by atoms with E-state index in [4.69, 9.17) is 0 Å². The first kappa shape index (κ1) is 16.2. The summed E-state index contributed by atoms with van der Waals surface area (Å²) in [5.41, 5.74) is 0. The van der Waals surface area contributed by atoms with E-state index in [2.05, 4.69) is 104 Å². The van der Waals surface area contributed by atoms with Crippen LogP contribution >= 0.6 is 7.92 Å². The van der Waals surface area contributed by atoms with Gasteiger partial charge in [-0.2, -0.15) is 0 Å². The van der Waals surface area contributed by atoms with Crippen LogP contribution in [0, 0.1) is 5.92 Å². The highest BCUT2D eigenvalue weighted by Gasteiger charge is 2.26. The Morgan fingerprint density at radius 1 is 0.826 bits per heavy atom. The molecule has 1 aliphatic rings. The van der Waals surface area contributed by atoms with Crippen molar-refractivity contribution >= 4 is 18.5 Å². The van der Waals surface area contributed by atoms with Crippen molar-refractivity contribution in [3.8, 4) is 0 Å². The Labute approximate surface area is 141 Å². The number of hydrogen-bond donors (Lipinski definition) is 0. The summed E-state index contributed by atoms with van der Waals surface area (Å²) in [6, 6.07) is 22.5. The molecule has 1 atom stereocenters. The maximum atomic E-state index is 2.38. The summed E-state index contributed by atoms with van der Waals surface area (Å²) in [5, 5.41) is 2.93. The molecule has 0 radical (unpaired) electrons. The molecule has 23 heavy (non-hydrogen) atoms. The molecule has 0 aliphatic heterocycles. The lowest BCUT2D eigenvalue weighted by molar-refractivity contribution is 0.287. The topological polar surface area (TPSA) is 3.24 Å². The number of hydrogen-bond acceptors (Lipinski definition) is 1. The highest BCUT2D eigenvalue weighted by atomic mass is 31.1. The third-order valence-electron chi connectivity index (χ3n) is 4.39. The highest BCUT2D eigenvalue weighted by molar-refractivity contribution is 7.73. The summed E-state index contributed by atoms with van der Waals surface area (Å²) in [4.78, 5) is 2.38. The van der Waals surface area contributed by atoms with E-state index in [1.54, 1.807) is 0 Å². The van der Waals surface area contributed by atoms with Crippen LogP contribution in [0.15, 0.2) is 85.0 Å². The molecular formula is C21H24NP. The van der Waals surface area contributed by atoms with Crippen LogP contribution in [0.25, 0.3) is 0 Å². The molecule has 2 aromatic rings. The van der Waals surface area contributed by atoms with Gasteiger partial charge >= 0.3 is 0 Å². The van der Waals surface area contributed by atoms with Gasteiger partial charge in [0.15, 0.2) is 0 Å². The molecular weight excluding hydrogens is 297 g/mol. The zero-order valence-electron chi connectivity index (χ0n) is 13.8. The zero-order valence-corrected chi connectivity index (χ0v) is 14.7. The summed E-state index contributed by atoms with van der Waals surface area (Å²) >= 11 is 0. The lowest BCUT2D eigenvalue weighted by Crippen LogP contribution is -2.38. The summed E-state index contributed by atoms with van der Waals surface area (Å²) in [7, 11) is 4.06. The molecule has 1 aliphatic carbocycles. The Morgan fingerprint density at radius 2 is 1.30 bits per heavy atom. The molecule has 2 aromatic carbocycles. The monoisotopic (exact) mass is 321 g/mol. The van der Waals surface area contributed by atoms with E-state index in [-0.39, 0.29) is 7.92 Å². The van der Waals surface area contributed by atoms with Gasteiger partial charge in [0.1, 0.15) is 0 Å². The van der Waals surface area contributed by atoms with Crippen molar-refractivity contribution in [1.82, 2.24) is 4.90 Å². The number of allylic oxidation sites excluding steroid dienone is 2. The Balaban J connectivity index is 1.92. The second-order valence-electron chi connectivity index (χ2n) is 6.16. The summed E-state index contributed by atoms with van der Waals surface area (Å²) < 4.78 is 0. The van der Waals surface area contributed by atoms with Gasteiger partial charge in [0.05, 0.1) is 0 Å². The Bertz CT molecular complexity index is 609. The molecule has 1 nitrogen and oxygen atoms in total. The van der Waals surface area contributed by atoms with Crippen LogP contribution in [0.4, 0.5) is 0 Å². The number of rotatable bonds is 6. The van der Waals surface area contributed by atoms with Gasteiger partial charge in [-0.3, -0.25) is 0 Å². The van der Waals surface area contributed by atoms with Crippen molar-refractivity contribution in [3.63, 3.8) is 0 Å². The Morgan fingerprint density at radius 3 is 1.74 bits per heavy atom. The van der Waals surface area contributed by atoms with Crippen molar-refractivity contribution in [2.75, 3.05) is 20.3 Å². The minimum atomic E-state index is -0.348. The van der Waals surface area contributed by atoms with Crippen LogP contribution in [0.2, 0.25) is 0 Å². The maximum absolute atomic E-state index is 2.38. The molecule has 0 saturated heterocycles. The van der Waals surface area contributed by atoms with Crippen molar-refractivity contribution in [3.05, 3.63) is 85.0 Å². The second kappa shape index (κ2) is 7.73. The fourth-order valence-corrected chi connectivity index (χ4v) is 5.83. The van der Waals surface area contributed by atoms with Crippen LogP contribution in [-0.2, 0) is 0 Å². The van der Waals surface area contributed by atoms with E-state index in [1.807, 2.05) is 0 Å². The molecule has 0 heterocycles. The third-order valence-corrected chi connectivity index (χ3v) is 6.97. The largest absolute Gasteiger partial charge is 0.305 e. The molecule has 0 saturated carbocycles. The van der Waals surface area contributed by atoms with E-state index in [0.717, 1.165) is 0 Å². The Kier molecular flexibility index (Phi) is 5.43.